The summed E-state index contributed by atoms with van der Waals surface area (Å²) in [4.78, 5) is 0. The molecule has 4 nitrogen and oxygen atoms in total. The van der Waals surface area contributed by atoms with Crippen molar-refractivity contribution < 1.29 is 18.1 Å². The molecule has 6 heteroatoms. The van der Waals surface area contributed by atoms with Crippen LogP contribution in [0.1, 0.15) is 0 Å². The summed E-state index contributed by atoms with van der Waals surface area (Å²) in [6, 6.07) is 0. The first-order valence-electron chi connectivity index (χ1n) is 2.27. The molecule has 2 N–H and O–H groups in total. The Morgan fingerprint density at radius 1 is 1.30 bits per heavy atom. The second-order valence-corrected chi connectivity index (χ2v) is 2.90. The van der Waals surface area contributed by atoms with Crippen LogP contribution in [0.3, 0.4) is 0 Å². The van der Waals surface area contributed by atoms with Crippen LogP contribution in [0.15, 0.2) is 12.2 Å². The molecule has 0 fully saturated rings. The zero-order valence-electron chi connectivity index (χ0n) is 4.69. The molecule has 0 atom stereocenters. The average molecular weight is 176 g/mol. The molecule has 0 bridgehead atoms. The summed E-state index contributed by atoms with van der Waals surface area (Å²) in [6.07, 6.45) is 2.42. The topological polar surface area (TPSA) is 74.6 Å². The second-order valence-electron chi connectivity index (χ2n) is 1.40. The van der Waals surface area contributed by atoms with E-state index in [9.17, 15) is 8.42 Å². The Bertz CT molecular complexity index is 183. The van der Waals surface area contributed by atoms with E-state index in [1.165, 1.54) is 12.2 Å². The number of aliphatic hydroxyl groups excluding tert-OH is 1. The Morgan fingerprint density at radius 2 is 1.80 bits per heavy atom. The van der Waals surface area contributed by atoms with E-state index in [0.29, 0.717) is 0 Å². The zero-order chi connectivity index (χ0) is 7.33. The monoisotopic (exact) mass is 176 g/mol. The molecule has 0 aromatic rings. The Kier molecular flexibility index (Phi) is 8.36. The van der Waals surface area contributed by atoms with Gasteiger partial charge < -0.3 is 5.11 Å². The molecule has 0 aromatic heterocycles. The van der Waals surface area contributed by atoms with Gasteiger partial charge in [0.15, 0.2) is 0 Å². The van der Waals surface area contributed by atoms with Crippen LogP contribution in [0.2, 0.25) is 0 Å². The van der Waals surface area contributed by atoms with Gasteiger partial charge in [-0.25, -0.2) is 0 Å². The average Bonchev–Trinajstić information content (AvgIpc) is 1.63. The van der Waals surface area contributed by atoms with Crippen molar-refractivity contribution in [1.82, 2.24) is 0 Å². The quantitative estimate of drug-likeness (QED) is 0.321. The molecule has 0 spiro atoms. The van der Waals surface area contributed by atoms with Crippen molar-refractivity contribution in [3.63, 3.8) is 0 Å². The van der Waals surface area contributed by atoms with Gasteiger partial charge in [0.05, 0.1) is 12.4 Å². The van der Waals surface area contributed by atoms with Crippen molar-refractivity contribution in [2.75, 3.05) is 12.4 Å². The van der Waals surface area contributed by atoms with E-state index in [-0.39, 0.29) is 36.2 Å². The van der Waals surface area contributed by atoms with Gasteiger partial charge in [-0.05, 0) is 0 Å². The standard InChI is InChI=1S/C4H8O4S.Na.H/c5-3-1-2-4-9(6,7)8;;/h1-2,5H,3-4H2,(H,6,7,8);;. The van der Waals surface area contributed by atoms with Crippen LogP contribution < -0.4 is 0 Å². The van der Waals surface area contributed by atoms with Crippen molar-refractivity contribution in [3.8, 4) is 0 Å². The molecule has 0 aromatic carbocycles. The van der Waals surface area contributed by atoms with Crippen molar-refractivity contribution in [2.45, 2.75) is 0 Å². The second kappa shape index (κ2) is 6.33. The third-order valence-corrected chi connectivity index (χ3v) is 1.19. The van der Waals surface area contributed by atoms with Crippen LogP contribution in [0.25, 0.3) is 0 Å². The van der Waals surface area contributed by atoms with Gasteiger partial charge in [-0.15, -0.1) is 0 Å². The van der Waals surface area contributed by atoms with E-state index in [1.807, 2.05) is 0 Å². The molecule has 10 heavy (non-hydrogen) atoms. The summed E-state index contributed by atoms with van der Waals surface area (Å²) in [5.41, 5.74) is 0. The summed E-state index contributed by atoms with van der Waals surface area (Å²) < 4.78 is 27.9. The van der Waals surface area contributed by atoms with E-state index >= 15 is 0 Å². The van der Waals surface area contributed by atoms with Crippen LogP contribution >= 0.6 is 0 Å². The fraction of sp³-hybridized carbons (Fsp3) is 0.500. The van der Waals surface area contributed by atoms with E-state index < -0.39 is 15.9 Å². The number of aliphatic hydroxyl groups is 1. The molecule has 0 amide bonds. The minimum absolute atomic E-state index is 0. The molecule has 56 valence electrons. The molecule has 0 saturated heterocycles. The van der Waals surface area contributed by atoms with Gasteiger partial charge in [-0.1, -0.05) is 12.2 Å². The minimum atomic E-state index is -3.89. The molecular formula is C4H9NaO4S. The summed E-state index contributed by atoms with van der Waals surface area (Å²) >= 11 is 0. The zero-order valence-corrected chi connectivity index (χ0v) is 5.50. The Morgan fingerprint density at radius 3 is 2.10 bits per heavy atom. The van der Waals surface area contributed by atoms with E-state index in [2.05, 4.69) is 0 Å². The molecule has 0 radical (unpaired) electrons. The fourth-order valence-electron chi connectivity index (χ4n) is 0.264. The maximum atomic E-state index is 9.93. The van der Waals surface area contributed by atoms with Crippen LogP contribution in [0, 0.1) is 0 Å². The van der Waals surface area contributed by atoms with Gasteiger partial charge in [0.1, 0.15) is 0 Å². The van der Waals surface area contributed by atoms with Crippen molar-refractivity contribution in [2.24, 2.45) is 0 Å². The van der Waals surface area contributed by atoms with Gasteiger partial charge in [0.25, 0.3) is 10.1 Å². The third kappa shape index (κ3) is 11.4. The summed E-state index contributed by atoms with van der Waals surface area (Å²) in [5, 5.41) is 8.10. The summed E-state index contributed by atoms with van der Waals surface area (Å²) in [5.74, 6) is -0.437. The molecule has 0 rings (SSSR count). The normalized spacial score (nSPS) is 11.4. The van der Waals surface area contributed by atoms with Gasteiger partial charge in [0.2, 0.25) is 0 Å². The molecule has 0 unspecified atom stereocenters. The molecule has 0 aliphatic carbocycles. The molecule has 0 aliphatic heterocycles. The van der Waals surface area contributed by atoms with Crippen molar-refractivity contribution >= 4 is 39.7 Å². The summed E-state index contributed by atoms with van der Waals surface area (Å²) in [7, 11) is -3.89. The van der Waals surface area contributed by atoms with Crippen LogP contribution in [-0.2, 0) is 10.1 Å². The first kappa shape index (κ1) is 13.2. The molecule has 0 aliphatic rings. The van der Waals surface area contributed by atoms with Crippen LogP contribution in [0.4, 0.5) is 0 Å². The van der Waals surface area contributed by atoms with Gasteiger partial charge in [0, 0.05) is 0 Å². The van der Waals surface area contributed by atoms with Gasteiger partial charge in [-0.3, -0.25) is 4.55 Å². The first-order valence-corrected chi connectivity index (χ1v) is 3.88. The van der Waals surface area contributed by atoms with E-state index in [0.717, 1.165) is 0 Å². The van der Waals surface area contributed by atoms with Gasteiger partial charge >= 0.3 is 29.6 Å². The molecule has 0 saturated carbocycles. The Labute approximate surface area is 82.0 Å². The van der Waals surface area contributed by atoms with E-state index in [4.69, 9.17) is 9.66 Å². The summed E-state index contributed by atoms with van der Waals surface area (Å²) in [6.45, 7) is -0.213. The molecule has 0 heterocycles. The molecular weight excluding hydrogens is 167 g/mol. The SMILES string of the molecule is O=S(=O)(O)CC=CCO.[NaH]. The van der Waals surface area contributed by atoms with Crippen molar-refractivity contribution in [1.29, 1.82) is 0 Å². The third-order valence-electron chi connectivity index (χ3n) is 0.579. The van der Waals surface area contributed by atoms with E-state index in [1.54, 1.807) is 0 Å². The van der Waals surface area contributed by atoms with Crippen LogP contribution in [-0.4, -0.2) is 60.0 Å². The number of rotatable bonds is 3. The number of hydrogen-bond acceptors (Lipinski definition) is 3. The van der Waals surface area contributed by atoms with Crippen molar-refractivity contribution in [3.05, 3.63) is 12.2 Å². The maximum absolute atomic E-state index is 9.93. The number of hydrogen-bond donors (Lipinski definition) is 2. The Balaban J connectivity index is 0. The van der Waals surface area contributed by atoms with Gasteiger partial charge in [-0.2, -0.15) is 8.42 Å². The fourth-order valence-corrected chi connectivity index (χ4v) is 0.643. The first-order chi connectivity index (χ1) is 4.06. The predicted octanol–water partition coefficient (Wildman–Crippen LogP) is -1.23. The Hall–Kier alpha value is 0.610. The van der Waals surface area contributed by atoms with Crippen LogP contribution in [0.5, 0.6) is 0 Å². The predicted molar refractivity (Wildman–Crippen MR) is 39.8 cm³/mol.